The zero-order chi connectivity index (χ0) is 18.1. The highest BCUT2D eigenvalue weighted by atomic mass is 16.5. The highest BCUT2D eigenvalue weighted by molar-refractivity contribution is 5.69. The van der Waals surface area contributed by atoms with Crippen molar-refractivity contribution in [2.45, 2.75) is 18.4 Å². The lowest BCUT2D eigenvalue weighted by molar-refractivity contribution is 0.161. The second kappa shape index (κ2) is 6.62. The van der Waals surface area contributed by atoms with Crippen LogP contribution >= 0.6 is 0 Å². The Hall–Kier alpha value is -3.00. The fourth-order valence-electron chi connectivity index (χ4n) is 4.19. The number of fused-ring (bicyclic) bond motifs is 1. The first-order valence-electron chi connectivity index (χ1n) is 9.73. The molecule has 0 bridgehead atoms. The van der Waals surface area contributed by atoms with Gasteiger partial charge < -0.3 is 9.64 Å². The Morgan fingerprint density at radius 2 is 1.37 bits per heavy atom. The molecule has 2 nitrogen and oxygen atoms in total. The Bertz CT molecular complexity index is 917. The van der Waals surface area contributed by atoms with Crippen molar-refractivity contribution in [3.05, 3.63) is 102 Å². The highest BCUT2D eigenvalue weighted by Gasteiger charge is 2.36. The predicted octanol–water partition coefficient (Wildman–Crippen LogP) is 5.64. The van der Waals surface area contributed by atoms with Crippen LogP contribution in [0.4, 0.5) is 5.69 Å². The summed E-state index contributed by atoms with van der Waals surface area (Å²) in [6.07, 6.45) is 7.00. The van der Waals surface area contributed by atoms with Crippen LogP contribution < -0.4 is 9.64 Å². The van der Waals surface area contributed by atoms with E-state index in [0.717, 1.165) is 35.5 Å². The van der Waals surface area contributed by atoms with Crippen molar-refractivity contribution in [2.24, 2.45) is 0 Å². The summed E-state index contributed by atoms with van der Waals surface area (Å²) in [4.78, 5) is 2.46. The molecule has 3 aromatic rings. The van der Waals surface area contributed by atoms with Gasteiger partial charge in [-0.15, -0.1) is 0 Å². The molecule has 0 spiro atoms. The zero-order valence-corrected chi connectivity index (χ0v) is 15.3. The summed E-state index contributed by atoms with van der Waals surface area (Å²) in [5, 5.41) is 0. The summed E-state index contributed by atoms with van der Waals surface area (Å²) in [6.45, 7) is 2.31. The minimum Gasteiger partial charge on any atom is -0.473 e. The van der Waals surface area contributed by atoms with Crippen molar-refractivity contribution in [3.8, 4) is 5.75 Å². The lowest BCUT2D eigenvalue weighted by Gasteiger charge is -2.36. The summed E-state index contributed by atoms with van der Waals surface area (Å²) >= 11 is 0. The predicted molar refractivity (Wildman–Crippen MR) is 111 cm³/mol. The first kappa shape index (κ1) is 16.2. The van der Waals surface area contributed by atoms with Gasteiger partial charge in [-0.2, -0.15) is 0 Å². The fraction of sp³-hybridized carbons (Fsp3) is 0.200. The average molecular weight is 353 g/mol. The minimum absolute atomic E-state index is 0.593. The molecule has 0 aromatic heterocycles. The van der Waals surface area contributed by atoms with Gasteiger partial charge in [-0.3, -0.25) is 0 Å². The van der Waals surface area contributed by atoms with E-state index in [1.165, 1.54) is 18.5 Å². The molecular weight excluding hydrogens is 330 g/mol. The third-order valence-corrected chi connectivity index (χ3v) is 5.64. The third-order valence-electron chi connectivity index (χ3n) is 5.64. The van der Waals surface area contributed by atoms with E-state index in [1.54, 1.807) is 0 Å². The van der Waals surface area contributed by atoms with Crippen molar-refractivity contribution in [3.63, 3.8) is 0 Å². The largest absolute Gasteiger partial charge is 0.473 e. The van der Waals surface area contributed by atoms with Crippen LogP contribution in [0.15, 0.2) is 84.9 Å². The zero-order valence-electron chi connectivity index (χ0n) is 15.3. The fourth-order valence-corrected chi connectivity index (χ4v) is 4.19. The SMILES string of the molecule is C1=CC(c2ccccc2)(c2ccccc2)Oc2ccc(N3CCCC3)cc21. The van der Waals surface area contributed by atoms with Crippen LogP contribution in [0, 0.1) is 0 Å². The molecule has 5 rings (SSSR count). The molecule has 0 amide bonds. The first-order valence-corrected chi connectivity index (χ1v) is 9.73. The van der Waals surface area contributed by atoms with Crippen LogP contribution in [-0.2, 0) is 5.60 Å². The maximum atomic E-state index is 6.70. The Labute approximate surface area is 160 Å². The van der Waals surface area contributed by atoms with E-state index in [-0.39, 0.29) is 0 Å². The number of hydrogen-bond donors (Lipinski definition) is 0. The summed E-state index contributed by atoms with van der Waals surface area (Å²) < 4.78 is 6.70. The van der Waals surface area contributed by atoms with Crippen LogP contribution in [0.5, 0.6) is 5.75 Å². The van der Waals surface area contributed by atoms with Gasteiger partial charge in [0.25, 0.3) is 0 Å². The molecule has 0 N–H and O–H groups in total. The number of hydrogen-bond acceptors (Lipinski definition) is 2. The van der Waals surface area contributed by atoms with E-state index in [9.17, 15) is 0 Å². The normalized spacial score (nSPS) is 17.4. The smallest absolute Gasteiger partial charge is 0.178 e. The first-order chi connectivity index (χ1) is 13.4. The van der Waals surface area contributed by atoms with Crippen LogP contribution in [0.1, 0.15) is 29.5 Å². The van der Waals surface area contributed by atoms with E-state index >= 15 is 0 Å². The van der Waals surface area contributed by atoms with Crippen molar-refractivity contribution in [1.82, 2.24) is 0 Å². The van der Waals surface area contributed by atoms with Gasteiger partial charge >= 0.3 is 0 Å². The molecule has 2 heteroatoms. The molecule has 0 aliphatic carbocycles. The maximum Gasteiger partial charge on any atom is 0.178 e. The van der Waals surface area contributed by atoms with Gasteiger partial charge in [0.2, 0.25) is 0 Å². The van der Waals surface area contributed by atoms with E-state index in [1.807, 2.05) is 12.1 Å². The molecule has 1 fully saturated rings. The molecule has 27 heavy (non-hydrogen) atoms. The molecular formula is C25H23NO. The number of benzene rings is 3. The standard InChI is InChI=1S/C25H23NO/c1-3-9-21(10-4-1)25(22-11-5-2-6-12-22)16-15-20-19-23(13-14-24(20)27-25)26-17-7-8-18-26/h1-6,9-16,19H,7-8,17-18H2. The quantitative estimate of drug-likeness (QED) is 0.604. The minimum atomic E-state index is -0.593. The Morgan fingerprint density at radius 3 is 2.00 bits per heavy atom. The van der Waals surface area contributed by atoms with Crippen LogP contribution in [0.3, 0.4) is 0 Å². The van der Waals surface area contributed by atoms with Gasteiger partial charge in [-0.1, -0.05) is 66.7 Å². The van der Waals surface area contributed by atoms with Crippen molar-refractivity contribution in [1.29, 1.82) is 0 Å². The van der Waals surface area contributed by atoms with E-state index in [0.29, 0.717) is 0 Å². The summed E-state index contributed by atoms with van der Waals surface area (Å²) in [5.41, 5.74) is 4.14. The van der Waals surface area contributed by atoms with Crippen molar-refractivity contribution in [2.75, 3.05) is 18.0 Å². The number of nitrogens with zero attached hydrogens (tertiary/aromatic N) is 1. The molecule has 0 radical (unpaired) electrons. The lowest BCUT2D eigenvalue weighted by atomic mass is 9.83. The molecule has 0 saturated carbocycles. The topological polar surface area (TPSA) is 12.5 Å². The number of ether oxygens (including phenoxy) is 1. The molecule has 2 heterocycles. The van der Waals surface area contributed by atoms with E-state index in [4.69, 9.17) is 4.74 Å². The second-order valence-electron chi connectivity index (χ2n) is 7.32. The van der Waals surface area contributed by atoms with Gasteiger partial charge in [0.15, 0.2) is 5.60 Å². The maximum absolute atomic E-state index is 6.70. The van der Waals surface area contributed by atoms with Gasteiger partial charge in [-0.25, -0.2) is 0 Å². The number of rotatable bonds is 3. The monoisotopic (exact) mass is 353 g/mol. The van der Waals surface area contributed by atoms with Gasteiger partial charge in [0, 0.05) is 35.5 Å². The molecule has 2 aliphatic heterocycles. The molecule has 3 aromatic carbocycles. The van der Waals surface area contributed by atoms with Crippen LogP contribution in [0.2, 0.25) is 0 Å². The summed E-state index contributed by atoms with van der Waals surface area (Å²) in [6, 6.07) is 27.5. The Morgan fingerprint density at radius 1 is 0.741 bits per heavy atom. The molecule has 2 aliphatic rings. The van der Waals surface area contributed by atoms with Gasteiger partial charge in [0.1, 0.15) is 5.75 Å². The molecule has 0 unspecified atom stereocenters. The highest BCUT2D eigenvalue weighted by Crippen LogP contribution is 2.43. The van der Waals surface area contributed by atoms with Crippen molar-refractivity contribution >= 4 is 11.8 Å². The molecule has 1 saturated heterocycles. The average Bonchev–Trinajstić information content (AvgIpc) is 3.29. The third kappa shape index (κ3) is 2.82. The Kier molecular flexibility index (Phi) is 3.97. The molecule has 134 valence electrons. The Balaban J connectivity index is 1.59. The second-order valence-corrected chi connectivity index (χ2v) is 7.32. The van der Waals surface area contributed by atoms with Crippen LogP contribution in [-0.4, -0.2) is 13.1 Å². The van der Waals surface area contributed by atoms with Gasteiger partial charge in [-0.05, 0) is 37.1 Å². The lowest BCUT2D eigenvalue weighted by Crippen LogP contribution is -2.34. The van der Waals surface area contributed by atoms with Crippen LogP contribution in [0.25, 0.3) is 6.08 Å². The summed E-state index contributed by atoms with van der Waals surface area (Å²) in [5.74, 6) is 0.938. The van der Waals surface area contributed by atoms with E-state index in [2.05, 4.69) is 83.8 Å². The van der Waals surface area contributed by atoms with E-state index < -0.39 is 5.60 Å². The molecule has 0 atom stereocenters. The van der Waals surface area contributed by atoms with Crippen molar-refractivity contribution < 1.29 is 4.74 Å². The summed E-state index contributed by atoms with van der Waals surface area (Å²) in [7, 11) is 0. The number of anilines is 1. The van der Waals surface area contributed by atoms with Gasteiger partial charge in [0.05, 0.1) is 0 Å².